The fraction of sp³-hybridized carbons (Fsp3) is 0.281. The fourth-order valence-electron chi connectivity index (χ4n) is 5.98. The molecule has 3 N–H and O–H groups in total. The van der Waals surface area contributed by atoms with Gasteiger partial charge in [-0.05, 0) is 53.5 Å². The number of morpholine rings is 1. The zero-order valence-corrected chi connectivity index (χ0v) is 23.6. The Bertz CT molecular complexity index is 1790. The Kier molecular flexibility index (Phi) is 7.91. The number of carbonyl (C=O) groups is 2. The summed E-state index contributed by atoms with van der Waals surface area (Å²) in [7, 11) is 0. The highest BCUT2D eigenvalue weighted by molar-refractivity contribution is 6.09. The predicted octanol–water partition coefficient (Wildman–Crippen LogP) is 5.85. The van der Waals surface area contributed by atoms with Gasteiger partial charge >= 0.3 is 12.1 Å². The van der Waals surface area contributed by atoms with Crippen LogP contribution in [-0.2, 0) is 26.3 Å². The molecule has 1 spiro atoms. The normalized spacial score (nSPS) is 21.1. The van der Waals surface area contributed by atoms with Crippen LogP contribution in [0.3, 0.4) is 0 Å². The SMILES string of the molecule is O=C(O)C(F)(F)F.O=C1Nc2ccccc2[C@]12C[C@H]2c1ccc2c(C=Cc3cc(F)c(CN4CCOCC4)c(F)c3)n[nH]c2c1. The van der Waals surface area contributed by atoms with Gasteiger partial charge in [-0.3, -0.25) is 14.8 Å². The smallest absolute Gasteiger partial charge is 0.475 e. The average Bonchev–Trinajstić information content (AvgIpc) is 3.54. The van der Waals surface area contributed by atoms with Crippen molar-refractivity contribution in [2.75, 3.05) is 31.6 Å². The number of hydrogen-bond donors (Lipinski definition) is 3. The van der Waals surface area contributed by atoms with E-state index >= 15 is 0 Å². The number of ether oxygens (including phenoxy) is 1. The number of hydrogen-bond acceptors (Lipinski definition) is 5. The van der Waals surface area contributed by atoms with Gasteiger partial charge < -0.3 is 15.2 Å². The molecule has 4 aromatic rings. The number of amides is 1. The molecule has 2 atom stereocenters. The number of alkyl halides is 3. The lowest BCUT2D eigenvalue weighted by Crippen LogP contribution is -2.36. The first-order valence-corrected chi connectivity index (χ1v) is 14.1. The lowest BCUT2D eigenvalue weighted by molar-refractivity contribution is -0.192. The quantitative estimate of drug-likeness (QED) is 0.240. The third kappa shape index (κ3) is 5.92. The van der Waals surface area contributed by atoms with Gasteiger partial charge in [0.05, 0.1) is 29.8 Å². The van der Waals surface area contributed by atoms with E-state index < -0.39 is 29.2 Å². The molecule has 13 heteroatoms. The molecule has 3 aromatic carbocycles. The van der Waals surface area contributed by atoms with Crippen LogP contribution in [0.4, 0.5) is 27.6 Å². The van der Waals surface area contributed by atoms with Crippen molar-refractivity contribution in [2.24, 2.45) is 0 Å². The number of nitrogens with one attached hydrogen (secondary N) is 2. The highest BCUT2D eigenvalue weighted by Gasteiger charge is 2.65. The van der Waals surface area contributed by atoms with Crippen LogP contribution in [0.2, 0.25) is 0 Å². The number of aromatic nitrogens is 2. The number of H-pyrrole nitrogens is 1. The molecule has 2 fully saturated rings. The maximum Gasteiger partial charge on any atom is 0.490 e. The van der Waals surface area contributed by atoms with E-state index in [2.05, 4.69) is 15.5 Å². The maximum absolute atomic E-state index is 14.8. The summed E-state index contributed by atoms with van der Waals surface area (Å²) in [5.41, 5.74) is 4.62. The second-order valence-electron chi connectivity index (χ2n) is 11.1. The number of carboxylic acid groups (broad SMARTS) is 1. The van der Waals surface area contributed by atoms with E-state index in [9.17, 15) is 26.7 Å². The van der Waals surface area contributed by atoms with E-state index in [-0.39, 0.29) is 23.9 Å². The first-order chi connectivity index (χ1) is 21.5. The first kappa shape index (κ1) is 30.4. The number of benzene rings is 3. The Morgan fingerprint density at radius 1 is 1.07 bits per heavy atom. The summed E-state index contributed by atoms with van der Waals surface area (Å²) >= 11 is 0. The van der Waals surface area contributed by atoms with Crippen molar-refractivity contribution in [1.82, 2.24) is 15.1 Å². The summed E-state index contributed by atoms with van der Waals surface area (Å²) in [5.74, 6) is -3.69. The van der Waals surface area contributed by atoms with Gasteiger partial charge in [0.25, 0.3) is 0 Å². The molecule has 0 radical (unpaired) electrons. The second kappa shape index (κ2) is 11.7. The summed E-state index contributed by atoms with van der Waals surface area (Å²) in [6.07, 6.45) is -0.877. The van der Waals surface area contributed by atoms with Crippen molar-refractivity contribution in [2.45, 2.75) is 30.5 Å². The first-order valence-electron chi connectivity index (χ1n) is 14.1. The molecule has 45 heavy (non-hydrogen) atoms. The van der Waals surface area contributed by atoms with Crippen LogP contribution < -0.4 is 5.32 Å². The van der Waals surface area contributed by atoms with Crippen molar-refractivity contribution >= 4 is 40.6 Å². The zero-order chi connectivity index (χ0) is 31.9. The van der Waals surface area contributed by atoms with Gasteiger partial charge in [-0.15, -0.1) is 0 Å². The molecular weight excluding hydrogens is 599 g/mol. The van der Waals surface area contributed by atoms with Crippen LogP contribution in [-0.4, -0.2) is 64.6 Å². The van der Waals surface area contributed by atoms with Gasteiger partial charge in [-0.2, -0.15) is 18.3 Å². The van der Waals surface area contributed by atoms with Crippen molar-refractivity contribution in [1.29, 1.82) is 0 Å². The molecule has 1 aliphatic carbocycles. The molecule has 1 amide bonds. The van der Waals surface area contributed by atoms with Crippen LogP contribution >= 0.6 is 0 Å². The number of carboxylic acids is 1. The van der Waals surface area contributed by atoms with Gasteiger partial charge in [0.15, 0.2) is 0 Å². The van der Waals surface area contributed by atoms with Gasteiger partial charge in [0.1, 0.15) is 11.6 Å². The van der Waals surface area contributed by atoms with Crippen molar-refractivity contribution in [3.05, 3.63) is 94.2 Å². The highest BCUT2D eigenvalue weighted by Crippen LogP contribution is 2.65. The van der Waals surface area contributed by atoms with Crippen LogP contribution in [0.1, 0.15) is 40.3 Å². The average molecular weight is 627 g/mol. The number of carbonyl (C=O) groups excluding carboxylic acids is 1. The summed E-state index contributed by atoms with van der Waals surface area (Å²) in [6.45, 7) is 2.71. The van der Waals surface area contributed by atoms with E-state index in [0.29, 0.717) is 37.6 Å². The minimum atomic E-state index is -5.08. The Labute approximate surface area is 253 Å². The van der Waals surface area contributed by atoms with Crippen LogP contribution in [0, 0.1) is 11.6 Å². The number of anilines is 1. The molecule has 3 aliphatic rings. The number of rotatable bonds is 5. The monoisotopic (exact) mass is 626 g/mol. The molecule has 0 unspecified atom stereocenters. The van der Waals surface area contributed by atoms with E-state index in [4.69, 9.17) is 14.6 Å². The summed E-state index contributed by atoms with van der Waals surface area (Å²) in [4.78, 5) is 23.7. The van der Waals surface area contributed by atoms with E-state index in [1.807, 2.05) is 47.4 Å². The molecule has 1 aromatic heterocycles. The summed E-state index contributed by atoms with van der Waals surface area (Å²) in [5, 5.41) is 18.5. The predicted molar refractivity (Wildman–Crippen MR) is 155 cm³/mol. The lowest BCUT2D eigenvalue weighted by atomic mass is 9.92. The number of aliphatic carboxylic acids is 1. The molecule has 0 bridgehead atoms. The number of aromatic amines is 1. The molecular formula is C32H27F5N4O4. The number of halogens is 5. The molecule has 8 nitrogen and oxygen atoms in total. The van der Waals surface area contributed by atoms with Crippen LogP contribution in [0.5, 0.6) is 0 Å². The standard InChI is InChI=1S/C30H26F2N4O2.C2HF3O2/c31-24-13-18(14-25(32)21(24)17-36-9-11-38-12-10-36)5-8-26-20-7-6-19(15-28(20)35-34-26)23-16-30(23)22-3-1-2-4-27(22)33-29(30)37;3-2(4,5)1(6)7/h1-8,13-15,23H,9-12,16-17H2,(H,33,37)(H,34,35);(H,6,7)/t23-,30-;/m0./s1. The van der Waals surface area contributed by atoms with Crippen LogP contribution in [0.15, 0.2) is 54.6 Å². The minimum absolute atomic E-state index is 0.0625. The van der Waals surface area contributed by atoms with Crippen molar-refractivity contribution in [3.63, 3.8) is 0 Å². The van der Waals surface area contributed by atoms with Gasteiger partial charge in [-0.25, -0.2) is 13.6 Å². The van der Waals surface area contributed by atoms with Crippen LogP contribution in [0.25, 0.3) is 23.1 Å². The third-order valence-electron chi connectivity index (χ3n) is 8.37. The Morgan fingerprint density at radius 2 is 1.76 bits per heavy atom. The van der Waals surface area contributed by atoms with Crippen molar-refractivity contribution < 1.29 is 41.4 Å². The molecule has 234 valence electrons. The molecule has 1 saturated heterocycles. The number of nitrogens with zero attached hydrogens (tertiary/aromatic N) is 2. The molecule has 3 heterocycles. The second-order valence-corrected chi connectivity index (χ2v) is 11.1. The lowest BCUT2D eigenvalue weighted by Gasteiger charge is -2.26. The largest absolute Gasteiger partial charge is 0.490 e. The van der Waals surface area contributed by atoms with E-state index in [1.165, 1.54) is 12.1 Å². The Morgan fingerprint density at radius 3 is 2.44 bits per heavy atom. The summed E-state index contributed by atoms with van der Waals surface area (Å²) in [6, 6.07) is 16.7. The van der Waals surface area contributed by atoms with Gasteiger partial charge in [0, 0.05) is 42.2 Å². The van der Waals surface area contributed by atoms with Gasteiger partial charge in [-0.1, -0.05) is 36.4 Å². The van der Waals surface area contributed by atoms with E-state index in [1.54, 1.807) is 12.2 Å². The molecule has 7 rings (SSSR count). The minimum Gasteiger partial charge on any atom is -0.475 e. The zero-order valence-electron chi connectivity index (χ0n) is 23.6. The Hall–Kier alpha value is -4.62. The van der Waals surface area contributed by atoms with Crippen molar-refractivity contribution in [3.8, 4) is 0 Å². The maximum atomic E-state index is 14.8. The third-order valence-corrected chi connectivity index (χ3v) is 8.37. The molecule has 1 saturated carbocycles. The Balaban J connectivity index is 0.000000460. The number of fused-ring (bicyclic) bond motifs is 3. The van der Waals surface area contributed by atoms with Gasteiger partial charge in [0.2, 0.25) is 5.91 Å². The molecule has 2 aliphatic heterocycles. The van der Waals surface area contributed by atoms with E-state index in [0.717, 1.165) is 34.1 Å². The summed E-state index contributed by atoms with van der Waals surface area (Å²) < 4.78 is 66.6. The highest BCUT2D eigenvalue weighted by atomic mass is 19.4. The fourth-order valence-corrected chi connectivity index (χ4v) is 5.98. The number of para-hydroxylation sites is 1. The topological polar surface area (TPSA) is 108 Å².